The van der Waals surface area contributed by atoms with E-state index in [1.165, 1.54) is 0 Å². The molecule has 1 amide bonds. The van der Waals surface area contributed by atoms with Crippen LogP contribution in [0.4, 0.5) is 15.0 Å². The first-order chi connectivity index (χ1) is 22.3. The molecule has 4 heterocycles. The van der Waals surface area contributed by atoms with Gasteiger partial charge in [0, 0.05) is 35.3 Å². The second-order valence-electron chi connectivity index (χ2n) is 13.0. The fourth-order valence-corrected chi connectivity index (χ4v) is 7.65. The van der Waals surface area contributed by atoms with E-state index in [2.05, 4.69) is 21.8 Å². The molecular formula is C35H40ClFN6O3. The monoisotopic (exact) mass is 646 g/mol. The van der Waals surface area contributed by atoms with Gasteiger partial charge in [0.05, 0.1) is 29.6 Å². The van der Waals surface area contributed by atoms with Crippen molar-refractivity contribution in [2.24, 2.45) is 5.73 Å². The summed E-state index contributed by atoms with van der Waals surface area (Å²) in [6.45, 7) is 3.81. The van der Waals surface area contributed by atoms with E-state index in [-0.39, 0.29) is 42.0 Å². The summed E-state index contributed by atoms with van der Waals surface area (Å²) >= 11 is 6.61. The molecule has 7 rings (SSSR count). The largest absolute Gasteiger partial charge is 0.461 e. The van der Waals surface area contributed by atoms with Gasteiger partial charge in [-0.25, -0.2) is 9.18 Å². The molecule has 1 aliphatic carbocycles. The number of piperazine rings is 1. The third-order valence-electron chi connectivity index (χ3n) is 9.81. The number of benzene rings is 2. The zero-order valence-corrected chi connectivity index (χ0v) is 26.9. The van der Waals surface area contributed by atoms with Crippen LogP contribution in [0.2, 0.25) is 5.02 Å². The van der Waals surface area contributed by atoms with Crippen molar-refractivity contribution < 1.29 is 18.7 Å². The molecule has 2 aliphatic heterocycles. The van der Waals surface area contributed by atoms with Gasteiger partial charge >= 0.3 is 12.1 Å². The molecular weight excluding hydrogens is 607 g/mol. The van der Waals surface area contributed by atoms with Crippen LogP contribution in [-0.4, -0.2) is 69.9 Å². The fourth-order valence-electron chi connectivity index (χ4n) is 7.37. The molecule has 2 aromatic carbocycles. The highest BCUT2D eigenvalue weighted by atomic mass is 35.5. The predicted octanol–water partition coefficient (Wildman–Crippen LogP) is 7.27. The molecule has 4 aromatic rings. The molecule has 3 fully saturated rings. The topological polar surface area (TPSA) is 107 Å². The van der Waals surface area contributed by atoms with Crippen LogP contribution in [0.3, 0.4) is 0 Å². The maximum absolute atomic E-state index is 16.7. The predicted molar refractivity (Wildman–Crippen MR) is 178 cm³/mol. The van der Waals surface area contributed by atoms with Gasteiger partial charge < -0.3 is 20.1 Å². The van der Waals surface area contributed by atoms with Gasteiger partial charge in [-0.05, 0) is 43.6 Å². The van der Waals surface area contributed by atoms with Gasteiger partial charge in [-0.3, -0.25) is 9.88 Å². The number of pyridine rings is 1. The van der Waals surface area contributed by atoms with Gasteiger partial charge in [-0.15, -0.1) is 0 Å². The van der Waals surface area contributed by atoms with Crippen LogP contribution in [0.15, 0.2) is 42.6 Å². The van der Waals surface area contributed by atoms with Crippen molar-refractivity contribution in [2.75, 3.05) is 31.2 Å². The van der Waals surface area contributed by atoms with Gasteiger partial charge in [0.1, 0.15) is 23.6 Å². The Hall–Kier alpha value is -3.76. The van der Waals surface area contributed by atoms with E-state index in [0.717, 1.165) is 68.6 Å². The average Bonchev–Trinajstić information content (AvgIpc) is 3.33. The Morgan fingerprint density at radius 3 is 2.57 bits per heavy atom. The Labute approximate surface area is 273 Å². The molecule has 3 aliphatic rings. The second-order valence-corrected chi connectivity index (χ2v) is 13.4. The smallest absolute Gasteiger partial charge is 0.410 e. The number of anilines is 1. The molecule has 9 nitrogen and oxygen atoms in total. The van der Waals surface area contributed by atoms with Gasteiger partial charge in [0.15, 0.2) is 5.82 Å². The first-order valence-corrected chi connectivity index (χ1v) is 16.9. The maximum atomic E-state index is 16.7. The number of hydrogen-bond donors (Lipinski definition) is 1. The third kappa shape index (κ3) is 5.81. The molecule has 2 bridgehead atoms. The lowest BCUT2D eigenvalue weighted by Gasteiger charge is -2.41. The fraction of sp³-hybridized carbons (Fsp3) is 0.486. The van der Waals surface area contributed by atoms with E-state index >= 15 is 4.39 Å². The highest BCUT2D eigenvalue weighted by Gasteiger charge is 2.44. The lowest BCUT2D eigenvalue weighted by atomic mass is 9.83. The van der Waals surface area contributed by atoms with Gasteiger partial charge in [-0.1, -0.05) is 74.5 Å². The van der Waals surface area contributed by atoms with Crippen molar-refractivity contribution in [2.45, 2.75) is 82.3 Å². The normalized spacial score (nSPS) is 20.8. The number of fused-ring (bicyclic) bond motifs is 4. The van der Waals surface area contributed by atoms with Crippen LogP contribution in [0.5, 0.6) is 6.01 Å². The quantitative estimate of drug-likeness (QED) is 0.199. The number of ether oxygens (including phenoxy) is 2. The number of aromatic nitrogens is 3. The van der Waals surface area contributed by atoms with Crippen molar-refractivity contribution in [3.8, 4) is 17.3 Å². The van der Waals surface area contributed by atoms with Crippen LogP contribution >= 0.6 is 11.6 Å². The molecule has 2 unspecified atom stereocenters. The zero-order valence-electron chi connectivity index (χ0n) is 26.2. The lowest BCUT2D eigenvalue weighted by molar-refractivity contribution is 0.0776. The number of hydrogen-bond acceptors (Lipinski definition) is 8. The van der Waals surface area contributed by atoms with Crippen molar-refractivity contribution in [3.63, 3.8) is 0 Å². The summed E-state index contributed by atoms with van der Waals surface area (Å²) in [6.07, 6.45) is 9.89. The van der Waals surface area contributed by atoms with Gasteiger partial charge in [-0.2, -0.15) is 9.97 Å². The second kappa shape index (κ2) is 12.8. The van der Waals surface area contributed by atoms with E-state index in [1.54, 1.807) is 12.3 Å². The van der Waals surface area contributed by atoms with E-state index < -0.39 is 11.4 Å². The van der Waals surface area contributed by atoms with Gasteiger partial charge in [0.25, 0.3) is 0 Å². The molecule has 2 N–H and O–H groups in total. The number of carbonyl (C=O) groups excluding carboxylic acids is 1. The molecule has 1 saturated carbocycles. The highest BCUT2D eigenvalue weighted by Crippen LogP contribution is 2.39. The van der Waals surface area contributed by atoms with E-state index in [0.29, 0.717) is 41.5 Å². The van der Waals surface area contributed by atoms with Crippen molar-refractivity contribution in [1.82, 2.24) is 19.9 Å². The number of unbranched alkanes of at least 4 members (excludes halogenated alkanes) is 1. The summed E-state index contributed by atoms with van der Waals surface area (Å²) in [4.78, 5) is 31.1. The van der Waals surface area contributed by atoms with Crippen molar-refractivity contribution in [3.05, 3.63) is 53.4 Å². The third-order valence-corrected chi connectivity index (χ3v) is 10.1. The Bertz CT molecular complexity index is 1750. The summed E-state index contributed by atoms with van der Waals surface area (Å²) in [5.41, 5.74) is 7.09. The maximum Gasteiger partial charge on any atom is 0.410 e. The van der Waals surface area contributed by atoms with Crippen LogP contribution in [-0.2, 0) is 4.74 Å². The van der Waals surface area contributed by atoms with E-state index in [1.807, 2.05) is 35.2 Å². The molecule has 0 radical (unpaired) electrons. The van der Waals surface area contributed by atoms with Crippen LogP contribution in [0, 0.1) is 5.82 Å². The number of rotatable bonds is 8. The number of nitrogens with two attached hydrogens (primary N) is 1. The number of amides is 1. The Morgan fingerprint density at radius 2 is 1.83 bits per heavy atom. The van der Waals surface area contributed by atoms with Crippen molar-refractivity contribution in [1.29, 1.82) is 0 Å². The Kier molecular flexibility index (Phi) is 8.59. The lowest BCUT2D eigenvalue weighted by Crippen LogP contribution is -2.56. The van der Waals surface area contributed by atoms with Crippen molar-refractivity contribution >= 4 is 45.2 Å². The highest BCUT2D eigenvalue weighted by molar-refractivity contribution is 6.36. The molecule has 242 valence electrons. The van der Waals surface area contributed by atoms with Gasteiger partial charge in [0.2, 0.25) is 0 Å². The van der Waals surface area contributed by atoms with E-state index in [4.69, 9.17) is 31.8 Å². The molecule has 46 heavy (non-hydrogen) atoms. The molecule has 2 saturated heterocycles. The number of nitrogens with zero attached hydrogens (tertiary/aromatic N) is 5. The minimum absolute atomic E-state index is 0.0354. The summed E-state index contributed by atoms with van der Waals surface area (Å²) in [6, 6.07) is 11.2. The Balaban J connectivity index is 1.28. The van der Waals surface area contributed by atoms with Crippen LogP contribution in [0.25, 0.3) is 32.9 Å². The molecule has 2 aromatic heterocycles. The first kappa shape index (κ1) is 30.9. The SMILES string of the molecule is CCCCOC(=O)N1C2CCC1CN(c1nc(OCC3(N)CCCCC3)nc3c(F)c(-c4cccc5cccc(Cl)c45)ncc13)C2. The summed E-state index contributed by atoms with van der Waals surface area (Å²) in [5.74, 6) is -0.0285. The molecule has 2 atom stereocenters. The zero-order chi connectivity index (χ0) is 31.8. The summed E-state index contributed by atoms with van der Waals surface area (Å²) in [7, 11) is 0. The minimum Gasteiger partial charge on any atom is -0.461 e. The molecule has 0 spiro atoms. The summed E-state index contributed by atoms with van der Waals surface area (Å²) in [5, 5.41) is 2.62. The minimum atomic E-state index is -0.570. The first-order valence-electron chi connectivity index (χ1n) is 16.5. The molecule has 11 heteroatoms. The summed E-state index contributed by atoms with van der Waals surface area (Å²) < 4.78 is 28.5. The standard InChI is InChI=1S/C35H40ClFN6O3/c1-2-3-17-45-34(44)43-23-13-14-24(43)20-42(19-23)32-26-18-39-30(25-11-7-9-22-10-8-12-27(36)28(22)25)29(37)31(26)40-33(41-32)46-21-35(38)15-5-4-6-16-35/h7-12,18,23-24H,2-6,13-17,19-21,38H2,1H3. The Morgan fingerprint density at radius 1 is 1.09 bits per heavy atom. The van der Waals surface area contributed by atoms with E-state index in [9.17, 15) is 4.79 Å². The van der Waals surface area contributed by atoms with Crippen LogP contribution in [0.1, 0.15) is 64.7 Å². The average molecular weight is 647 g/mol. The van der Waals surface area contributed by atoms with Crippen LogP contribution < -0.4 is 15.4 Å². The number of carbonyl (C=O) groups is 1. The number of halogens is 2.